The first-order valence-electron chi connectivity index (χ1n) is 5.61. The fraction of sp³-hybridized carbons (Fsp3) is 0.462. The lowest BCUT2D eigenvalue weighted by atomic mass is 10.2. The van der Waals surface area contributed by atoms with E-state index in [4.69, 9.17) is 9.47 Å². The van der Waals surface area contributed by atoms with Crippen molar-refractivity contribution in [1.82, 2.24) is 5.32 Å². The van der Waals surface area contributed by atoms with Crippen LogP contribution in [0.25, 0.3) is 0 Å². The van der Waals surface area contributed by atoms with Crippen molar-refractivity contribution in [1.29, 1.82) is 0 Å². The predicted octanol–water partition coefficient (Wildman–Crippen LogP) is 2.86. The lowest BCUT2D eigenvalue weighted by molar-refractivity contribution is 0.0523. The Morgan fingerprint density at radius 2 is 2.06 bits per heavy atom. The summed E-state index contributed by atoms with van der Waals surface area (Å²) in [6.07, 6.45) is -0.579. The van der Waals surface area contributed by atoms with Gasteiger partial charge in [-0.3, -0.25) is 0 Å². The summed E-state index contributed by atoms with van der Waals surface area (Å²) in [6, 6.07) is 4.76. The van der Waals surface area contributed by atoms with Crippen LogP contribution in [0, 0.1) is 5.82 Å². The minimum Gasteiger partial charge on any atom is -0.494 e. The summed E-state index contributed by atoms with van der Waals surface area (Å²) in [6.45, 7) is 5.34. The van der Waals surface area contributed by atoms with Gasteiger partial charge < -0.3 is 14.8 Å². The monoisotopic (exact) mass is 255 g/mol. The number of halogens is 1. The number of methoxy groups -OCH3 is 1. The molecule has 1 N–H and O–H groups in total. The van der Waals surface area contributed by atoms with Gasteiger partial charge in [0.25, 0.3) is 0 Å². The lowest BCUT2D eigenvalue weighted by Gasteiger charge is -2.19. The van der Waals surface area contributed by atoms with Crippen LogP contribution in [-0.2, 0) is 11.3 Å². The average Bonchev–Trinajstić information content (AvgIpc) is 2.25. The van der Waals surface area contributed by atoms with E-state index in [1.54, 1.807) is 32.9 Å². The van der Waals surface area contributed by atoms with E-state index in [2.05, 4.69) is 5.32 Å². The second kappa shape index (κ2) is 5.71. The summed E-state index contributed by atoms with van der Waals surface area (Å²) in [5.41, 5.74) is -0.225. The number of nitrogens with one attached hydrogen (secondary N) is 1. The predicted molar refractivity (Wildman–Crippen MR) is 66.0 cm³/mol. The molecule has 1 aromatic carbocycles. The Kier molecular flexibility index (Phi) is 4.53. The molecule has 0 aliphatic rings. The van der Waals surface area contributed by atoms with Crippen molar-refractivity contribution in [3.05, 3.63) is 29.6 Å². The molecule has 0 aromatic heterocycles. The number of ether oxygens (including phenoxy) is 2. The summed E-state index contributed by atoms with van der Waals surface area (Å²) in [5.74, 6) is -0.324. The first kappa shape index (κ1) is 14.3. The van der Waals surface area contributed by atoms with Crippen LogP contribution in [0.5, 0.6) is 5.75 Å². The maximum absolute atomic E-state index is 13.7. The Morgan fingerprint density at radius 1 is 1.39 bits per heavy atom. The Labute approximate surface area is 106 Å². The largest absolute Gasteiger partial charge is 0.494 e. The molecule has 0 saturated carbocycles. The molecule has 1 rings (SSSR count). The van der Waals surface area contributed by atoms with Gasteiger partial charge in [0.1, 0.15) is 5.60 Å². The van der Waals surface area contributed by atoms with Crippen molar-refractivity contribution < 1.29 is 18.7 Å². The van der Waals surface area contributed by atoms with Crippen molar-refractivity contribution >= 4 is 6.09 Å². The smallest absolute Gasteiger partial charge is 0.407 e. The molecule has 0 heterocycles. The van der Waals surface area contributed by atoms with Crippen LogP contribution in [0.1, 0.15) is 26.3 Å². The number of alkyl carbamates (subject to hydrolysis) is 1. The fourth-order valence-electron chi connectivity index (χ4n) is 1.33. The summed E-state index contributed by atoms with van der Waals surface area (Å²) >= 11 is 0. The van der Waals surface area contributed by atoms with E-state index in [1.165, 1.54) is 13.2 Å². The molecule has 0 unspecified atom stereocenters. The summed E-state index contributed by atoms with van der Waals surface area (Å²) in [7, 11) is 1.39. The molecule has 100 valence electrons. The average molecular weight is 255 g/mol. The topological polar surface area (TPSA) is 47.6 Å². The van der Waals surface area contributed by atoms with Gasteiger partial charge in [0.15, 0.2) is 11.6 Å². The molecule has 0 atom stereocenters. The molecule has 5 heteroatoms. The third kappa shape index (κ3) is 4.24. The Balaban J connectivity index is 2.61. The van der Waals surface area contributed by atoms with E-state index >= 15 is 0 Å². The highest BCUT2D eigenvalue weighted by Crippen LogP contribution is 2.19. The zero-order valence-corrected chi connectivity index (χ0v) is 11.0. The number of carbonyl (C=O) groups excluding carboxylic acids is 1. The van der Waals surface area contributed by atoms with Crippen molar-refractivity contribution in [2.24, 2.45) is 0 Å². The molecule has 1 amide bonds. The highest BCUT2D eigenvalue weighted by Gasteiger charge is 2.16. The van der Waals surface area contributed by atoms with E-state index in [0.717, 1.165) is 0 Å². The van der Waals surface area contributed by atoms with Gasteiger partial charge in [-0.1, -0.05) is 12.1 Å². The highest BCUT2D eigenvalue weighted by atomic mass is 19.1. The fourth-order valence-corrected chi connectivity index (χ4v) is 1.33. The van der Waals surface area contributed by atoms with E-state index < -0.39 is 17.5 Å². The number of amides is 1. The summed E-state index contributed by atoms with van der Waals surface area (Å²) < 4.78 is 23.7. The number of rotatable bonds is 3. The molecule has 0 aliphatic carbocycles. The molecule has 4 nitrogen and oxygen atoms in total. The van der Waals surface area contributed by atoms with Crippen molar-refractivity contribution in [3.63, 3.8) is 0 Å². The van der Waals surface area contributed by atoms with E-state index in [9.17, 15) is 9.18 Å². The standard InChI is InChI=1S/C13H18FNO3/c1-13(2,3)18-12(16)15-8-9-6-5-7-10(17-4)11(9)14/h5-7H,8H2,1-4H3,(H,15,16). The minimum atomic E-state index is -0.579. The second-order valence-electron chi connectivity index (χ2n) is 4.79. The Bertz CT molecular complexity index is 427. The highest BCUT2D eigenvalue weighted by molar-refractivity contribution is 5.67. The summed E-state index contributed by atoms with van der Waals surface area (Å²) in [4.78, 5) is 11.4. The van der Waals surface area contributed by atoms with Crippen LogP contribution in [0.15, 0.2) is 18.2 Å². The Hall–Kier alpha value is -1.78. The van der Waals surface area contributed by atoms with Gasteiger partial charge in [-0.25, -0.2) is 9.18 Å². The normalized spacial score (nSPS) is 10.9. The molecular formula is C13H18FNO3. The molecule has 0 saturated heterocycles. The number of hydrogen-bond donors (Lipinski definition) is 1. The van der Waals surface area contributed by atoms with Gasteiger partial charge in [-0.15, -0.1) is 0 Å². The molecule has 0 bridgehead atoms. The third-order valence-electron chi connectivity index (χ3n) is 2.09. The van der Waals surface area contributed by atoms with Gasteiger partial charge in [0.05, 0.1) is 7.11 Å². The van der Waals surface area contributed by atoms with Crippen molar-refractivity contribution in [2.75, 3.05) is 7.11 Å². The molecule has 0 radical (unpaired) electrons. The third-order valence-corrected chi connectivity index (χ3v) is 2.09. The van der Waals surface area contributed by atoms with Gasteiger partial charge in [-0.05, 0) is 26.8 Å². The SMILES string of the molecule is COc1cccc(CNC(=O)OC(C)(C)C)c1F. The molecule has 0 fully saturated rings. The summed E-state index contributed by atoms with van der Waals surface area (Å²) in [5, 5.41) is 2.49. The first-order chi connectivity index (χ1) is 8.33. The van der Waals surface area contributed by atoms with Gasteiger partial charge >= 0.3 is 6.09 Å². The molecule has 1 aromatic rings. The lowest BCUT2D eigenvalue weighted by Crippen LogP contribution is -2.32. The maximum atomic E-state index is 13.7. The zero-order valence-electron chi connectivity index (χ0n) is 11.0. The van der Waals surface area contributed by atoms with Crippen LogP contribution in [0.4, 0.5) is 9.18 Å². The second-order valence-corrected chi connectivity index (χ2v) is 4.79. The number of carbonyl (C=O) groups is 1. The van der Waals surface area contributed by atoms with Gasteiger partial charge in [0.2, 0.25) is 0 Å². The zero-order chi connectivity index (χ0) is 13.8. The number of benzene rings is 1. The van der Waals surface area contributed by atoms with E-state index in [1.807, 2.05) is 0 Å². The van der Waals surface area contributed by atoms with Gasteiger partial charge in [0, 0.05) is 12.1 Å². The maximum Gasteiger partial charge on any atom is 0.407 e. The molecule has 0 spiro atoms. The minimum absolute atomic E-state index is 0.0535. The molecule has 18 heavy (non-hydrogen) atoms. The van der Waals surface area contributed by atoms with Crippen LogP contribution in [0.3, 0.4) is 0 Å². The van der Waals surface area contributed by atoms with Gasteiger partial charge in [-0.2, -0.15) is 0 Å². The van der Waals surface area contributed by atoms with Crippen LogP contribution in [0.2, 0.25) is 0 Å². The van der Waals surface area contributed by atoms with E-state index in [0.29, 0.717) is 5.56 Å². The Morgan fingerprint density at radius 3 is 2.61 bits per heavy atom. The quantitative estimate of drug-likeness (QED) is 0.903. The van der Waals surface area contributed by atoms with Crippen LogP contribution in [-0.4, -0.2) is 18.8 Å². The van der Waals surface area contributed by atoms with Crippen LogP contribution >= 0.6 is 0 Å². The van der Waals surface area contributed by atoms with Crippen LogP contribution < -0.4 is 10.1 Å². The van der Waals surface area contributed by atoms with Crippen molar-refractivity contribution in [2.45, 2.75) is 32.9 Å². The molecular weight excluding hydrogens is 237 g/mol. The molecule has 0 aliphatic heterocycles. The first-order valence-corrected chi connectivity index (χ1v) is 5.61. The van der Waals surface area contributed by atoms with Crippen molar-refractivity contribution in [3.8, 4) is 5.75 Å². The van der Waals surface area contributed by atoms with E-state index in [-0.39, 0.29) is 12.3 Å². The number of hydrogen-bond acceptors (Lipinski definition) is 3.